The van der Waals surface area contributed by atoms with Gasteiger partial charge in [-0.05, 0) is 19.1 Å². The molecule has 0 spiro atoms. The smallest absolute Gasteiger partial charge is 0.213 e. The van der Waals surface area contributed by atoms with Crippen LogP contribution in [-0.4, -0.2) is 15.3 Å². The lowest BCUT2D eigenvalue weighted by atomic mass is 10.2. The number of hydrogen-bond donors (Lipinski definition) is 0. The van der Waals surface area contributed by atoms with Gasteiger partial charge < -0.3 is 4.57 Å². The lowest BCUT2D eigenvalue weighted by molar-refractivity contribution is 0.0938. The third-order valence-corrected chi connectivity index (χ3v) is 3.63. The zero-order valence-corrected chi connectivity index (χ0v) is 10.5. The van der Waals surface area contributed by atoms with Gasteiger partial charge in [-0.2, -0.15) is 5.26 Å². The van der Waals surface area contributed by atoms with E-state index < -0.39 is 6.04 Å². The Morgan fingerprint density at radius 3 is 3.00 bits per heavy atom. The van der Waals surface area contributed by atoms with Gasteiger partial charge >= 0.3 is 0 Å². The third-order valence-electron chi connectivity index (χ3n) is 2.38. The Kier molecular flexibility index (Phi) is 3.27. The van der Waals surface area contributed by atoms with E-state index in [9.17, 15) is 4.79 Å². The summed E-state index contributed by atoms with van der Waals surface area (Å²) in [5.74, 6) is 0.157. The predicted octanol–water partition coefficient (Wildman–Crippen LogP) is 2.91. The van der Waals surface area contributed by atoms with E-state index in [1.807, 2.05) is 6.07 Å². The van der Waals surface area contributed by atoms with Crippen molar-refractivity contribution < 1.29 is 4.79 Å². The first-order valence-corrected chi connectivity index (χ1v) is 6.05. The average Bonchev–Trinajstić information content (AvgIpc) is 2.95. The van der Waals surface area contributed by atoms with Crippen LogP contribution in [0.1, 0.15) is 28.5 Å². The molecule has 4 nitrogen and oxygen atoms in total. The van der Waals surface area contributed by atoms with E-state index in [0.717, 1.165) is 0 Å². The summed E-state index contributed by atoms with van der Waals surface area (Å²) < 4.78 is 2.13. The minimum Gasteiger partial charge on any atom is -0.312 e. The lowest BCUT2D eigenvalue weighted by Crippen LogP contribution is -2.16. The molecule has 0 fully saturated rings. The molecule has 0 bridgehead atoms. The van der Waals surface area contributed by atoms with Crippen molar-refractivity contribution in [3.05, 3.63) is 39.6 Å². The minimum absolute atomic E-state index is 0.0728. The van der Waals surface area contributed by atoms with Crippen LogP contribution < -0.4 is 0 Å². The fraction of sp³-hybridized carbons (Fsp3) is 0.182. The highest BCUT2D eigenvalue weighted by Crippen LogP contribution is 2.25. The molecule has 0 radical (unpaired) electrons. The number of halogens is 1. The second-order valence-electron chi connectivity index (χ2n) is 3.41. The predicted molar refractivity (Wildman–Crippen MR) is 65.3 cm³/mol. The van der Waals surface area contributed by atoms with Crippen molar-refractivity contribution in [2.75, 3.05) is 0 Å². The van der Waals surface area contributed by atoms with Crippen molar-refractivity contribution >= 4 is 28.7 Å². The van der Waals surface area contributed by atoms with Crippen LogP contribution in [0, 0.1) is 11.3 Å². The van der Waals surface area contributed by atoms with Gasteiger partial charge in [-0.1, -0.05) is 11.6 Å². The molecule has 0 amide bonds. The first-order chi connectivity index (χ1) is 8.13. The maximum Gasteiger partial charge on any atom is 0.213 e. The molecule has 0 aliphatic carbocycles. The number of Topliss-reactive ketones (excluding diaryl/α,β-unsaturated/α-hetero) is 1. The summed E-state index contributed by atoms with van der Waals surface area (Å²) in [7, 11) is 0. The van der Waals surface area contributed by atoms with Gasteiger partial charge in [-0.15, -0.1) is 11.3 Å². The molecule has 17 heavy (non-hydrogen) atoms. The maximum absolute atomic E-state index is 12.1. The van der Waals surface area contributed by atoms with Crippen LogP contribution in [0.5, 0.6) is 0 Å². The van der Waals surface area contributed by atoms with Crippen LogP contribution in [0.3, 0.4) is 0 Å². The molecule has 2 aromatic rings. The maximum atomic E-state index is 12.1. The van der Waals surface area contributed by atoms with E-state index in [2.05, 4.69) is 4.98 Å². The number of imidazole rings is 1. The molecular weight excluding hydrogens is 258 g/mol. The molecule has 0 N–H and O–H groups in total. The standard InChI is InChI=1S/C11H8ClN3OS/c1-7(15-5-4-14-10(15)6-13)11(16)8-2-3-9(12)17-8/h2-5,7H,1H3. The topological polar surface area (TPSA) is 58.7 Å². The van der Waals surface area contributed by atoms with Crippen LogP contribution in [0.4, 0.5) is 0 Å². The second kappa shape index (κ2) is 4.70. The largest absolute Gasteiger partial charge is 0.312 e. The molecular formula is C11H8ClN3OS. The van der Waals surface area contributed by atoms with E-state index in [1.165, 1.54) is 17.5 Å². The van der Waals surface area contributed by atoms with Crippen molar-refractivity contribution in [1.82, 2.24) is 9.55 Å². The van der Waals surface area contributed by atoms with Crippen LogP contribution in [-0.2, 0) is 0 Å². The Bertz CT molecular complexity index is 596. The molecule has 1 unspecified atom stereocenters. The number of carbonyl (C=O) groups is 1. The Labute approximate surface area is 107 Å². The molecule has 0 saturated carbocycles. The number of carbonyl (C=O) groups excluding carboxylic acids is 1. The van der Waals surface area contributed by atoms with Gasteiger partial charge in [0, 0.05) is 12.4 Å². The summed E-state index contributed by atoms with van der Waals surface area (Å²) in [5, 5.41) is 8.85. The SMILES string of the molecule is CC(C(=O)c1ccc(Cl)s1)n1ccnc1C#N. The van der Waals surface area contributed by atoms with Crippen LogP contribution in [0.2, 0.25) is 4.34 Å². The highest BCUT2D eigenvalue weighted by atomic mass is 35.5. The van der Waals surface area contributed by atoms with Crippen molar-refractivity contribution in [2.45, 2.75) is 13.0 Å². The number of ketones is 1. The summed E-state index contributed by atoms with van der Waals surface area (Å²) in [6.45, 7) is 1.73. The fourth-order valence-corrected chi connectivity index (χ4v) is 2.56. The first kappa shape index (κ1) is 11.8. The summed E-state index contributed by atoms with van der Waals surface area (Å²) >= 11 is 7.02. The van der Waals surface area contributed by atoms with Gasteiger partial charge in [-0.3, -0.25) is 4.79 Å². The van der Waals surface area contributed by atoms with Crippen molar-refractivity contribution in [1.29, 1.82) is 5.26 Å². The van der Waals surface area contributed by atoms with Crippen LogP contribution in [0.15, 0.2) is 24.5 Å². The van der Waals surface area contributed by atoms with Gasteiger partial charge in [0.15, 0.2) is 5.78 Å². The summed E-state index contributed by atoms with van der Waals surface area (Å²) in [5.41, 5.74) is 0. The van der Waals surface area contributed by atoms with Gasteiger partial charge in [0.25, 0.3) is 0 Å². The molecule has 1 atom stereocenters. The molecule has 0 saturated heterocycles. The van der Waals surface area contributed by atoms with Crippen LogP contribution in [0.25, 0.3) is 0 Å². The first-order valence-electron chi connectivity index (χ1n) is 4.86. The Morgan fingerprint density at radius 1 is 1.65 bits per heavy atom. The van der Waals surface area contributed by atoms with E-state index in [4.69, 9.17) is 16.9 Å². The highest BCUT2D eigenvalue weighted by molar-refractivity contribution is 7.18. The van der Waals surface area contributed by atoms with Gasteiger partial charge in [0.05, 0.1) is 15.3 Å². The molecule has 0 aromatic carbocycles. The highest BCUT2D eigenvalue weighted by Gasteiger charge is 2.20. The van der Waals surface area contributed by atoms with E-state index in [0.29, 0.717) is 9.21 Å². The number of hydrogen-bond acceptors (Lipinski definition) is 4. The fourth-order valence-electron chi connectivity index (χ4n) is 1.49. The summed E-state index contributed by atoms with van der Waals surface area (Å²) in [6.07, 6.45) is 3.13. The lowest BCUT2D eigenvalue weighted by Gasteiger charge is -2.11. The van der Waals surface area contributed by atoms with Gasteiger partial charge in [-0.25, -0.2) is 4.98 Å². The normalized spacial score (nSPS) is 12.1. The molecule has 2 heterocycles. The van der Waals surface area contributed by atoms with Crippen molar-refractivity contribution in [3.8, 4) is 6.07 Å². The Morgan fingerprint density at radius 2 is 2.41 bits per heavy atom. The minimum atomic E-state index is -0.457. The van der Waals surface area contributed by atoms with E-state index in [-0.39, 0.29) is 11.6 Å². The number of rotatable bonds is 3. The molecule has 2 rings (SSSR count). The summed E-state index contributed by atoms with van der Waals surface area (Å²) in [6, 6.07) is 4.86. The van der Waals surface area contributed by atoms with Gasteiger partial charge in [0.1, 0.15) is 6.07 Å². The molecule has 6 heteroatoms. The van der Waals surface area contributed by atoms with Crippen molar-refractivity contribution in [3.63, 3.8) is 0 Å². The number of thiophene rings is 1. The second-order valence-corrected chi connectivity index (χ2v) is 5.13. The molecule has 86 valence electrons. The molecule has 0 aliphatic heterocycles. The monoisotopic (exact) mass is 265 g/mol. The average molecular weight is 266 g/mol. The zero-order valence-electron chi connectivity index (χ0n) is 8.92. The van der Waals surface area contributed by atoms with E-state index in [1.54, 1.807) is 29.8 Å². The number of aromatic nitrogens is 2. The van der Waals surface area contributed by atoms with Crippen LogP contribution >= 0.6 is 22.9 Å². The third kappa shape index (κ3) is 2.23. The van der Waals surface area contributed by atoms with Gasteiger partial charge in [0.2, 0.25) is 5.82 Å². The van der Waals surface area contributed by atoms with Crippen molar-refractivity contribution in [2.24, 2.45) is 0 Å². The summed E-state index contributed by atoms with van der Waals surface area (Å²) in [4.78, 5) is 16.6. The zero-order chi connectivity index (χ0) is 12.4. The van der Waals surface area contributed by atoms with E-state index >= 15 is 0 Å². The molecule has 2 aromatic heterocycles. The number of nitriles is 1. The Balaban J connectivity index is 2.30. The quantitative estimate of drug-likeness (QED) is 0.802. The number of nitrogens with zero attached hydrogens (tertiary/aromatic N) is 3. The Hall–Kier alpha value is -1.64. The molecule has 0 aliphatic rings.